The number of hydrogen-bond donors (Lipinski definition) is 20. The number of likely N-dealkylation sites (tertiary alicyclic amines) is 3. The van der Waals surface area contributed by atoms with Gasteiger partial charge in [-0.1, -0.05) is 34.1 Å². The maximum absolute atomic E-state index is 14.8. The molecule has 3 saturated heterocycles. The highest BCUT2D eigenvalue weighted by Gasteiger charge is 2.45. The number of carbonyl (C=O) groups is 17. The topological polar surface area (TPSA) is 667 Å². The van der Waals surface area contributed by atoms with Crippen molar-refractivity contribution in [2.75, 3.05) is 45.8 Å². The number of guanidine groups is 1. The minimum Gasteiger partial charge on any atom is -0.481 e. The van der Waals surface area contributed by atoms with Crippen molar-refractivity contribution >= 4 is 107 Å². The lowest BCUT2D eigenvalue weighted by Gasteiger charge is -2.33. The zero-order valence-corrected chi connectivity index (χ0v) is 65.8. The Morgan fingerprint density at radius 3 is 1.19 bits per heavy atom. The molecule has 0 aromatic rings. The van der Waals surface area contributed by atoms with Gasteiger partial charge in [-0.3, -0.25) is 86.5 Å². The lowest BCUT2D eigenvalue weighted by atomic mass is 10.0. The van der Waals surface area contributed by atoms with Crippen LogP contribution in [0, 0.1) is 11.8 Å². The molecule has 15 amide bonds. The van der Waals surface area contributed by atoms with Crippen LogP contribution in [0.1, 0.15) is 190 Å². The number of carboxylic acid groups (broad SMARTS) is 2. The summed E-state index contributed by atoms with van der Waals surface area (Å²) in [5, 5.41) is 47.0. The number of nitrogens with one attached hydrogen (secondary N) is 11. The number of nitrogens with zero attached hydrogens (tertiary/aromatic N) is 4. The molecule has 112 heavy (non-hydrogen) atoms. The van der Waals surface area contributed by atoms with E-state index in [1.165, 1.54) is 42.4 Å². The fourth-order valence-corrected chi connectivity index (χ4v) is 13.0. The van der Waals surface area contributed by atoms with Gasteiger partial charge in [0.25, 0.3) is 0 Å². The van der Waals surface area contributed by atoms with Gasteiger partial charge in [-0.2, -0.15) is 0 Å². The van der Waals surface area contributed by atoms with Crippen LogP contribution in [0.4, 0.5) is 0 Å². The van der Waals surface area contributed by atoms with Crippen molar-refractivity contribution in [3.63, 3.8) is 0 Å². The lowest BCUT2D eigenvalue weighted by Crippen LogP contribution is -2.61. The Morgan fingerprint density at radius 2 is 0.732 bits per heavy atom. The molecule has 3 fully saturated rings. The predicted molar refractivity (Wildman–Crippen MR) is 407 cm³/mol. The van der Waals surface area contributed by atoms with E-state index in [0.717, 1.165) is 0 Å². The average molecular weight is 1590 g/mol. The van der Waals surface area contributed by atoms with Crippen LogP contribution in [0.25, 0.3) is 0 Å². The molecular weight excluding hydrogens is 1460 g/mol. The van der Waals surface area contributed by atoms with Crippen LogP contribution < -0.4 is 98.6 Å². The number of carbonyl (C=O) groups excluding carboxylic acids is 15. The molecule has 0 aromatic carbocycles. The second-order valence-electron chi connectivity index (χ2n) is 29.4. The van der Waals surface area contributed by atoms with Crippen LogP contribution in [0.15, 0.2) is 4.99 Å². The van der Waals surface area contributed by atoms with Gasteiger partial charge in [-0.25, -0.2) is 0 Å². The summed E-state index contributed by atoms with van der Waals surface area (Å²) in [6.45, 7) is 12.6. The average Bonchev–Trinajstić information content (AvgIpc) is 1.66. The molecule has 27 N–H and O–H groups in total. The van der Waals surface area contributed by atoms with E-state index in [2.05, 4.69) is 63.5 Å². The molecule has 0 radical (unpaired) electrons. The molecular formula is C71H124N22O19. The second-order valence-corrected chi connectivity index (χ2v) is 29.4. The number of nitrogens with two attached hydrogens (primary N) is 7. The maximum atomic E-state index is 14.8. The number of unbranched alkanes of at least 4 members (excludes halogenated alkanes) is 3. The van der Waals surface area contributed by atoms with Crippen molar-refractivity contribution < 1.29 is 91.7 Å². The Balaban J connectivity index is 1.83. The number of aliphatic carboxylic acids is 2. The molecule has 632 valence electrons. The number of carboxylic acids is 2. The van der Waals surface area contributed by atoms with Crippen LogP contribution in [-0.4, -0.2) is 268 Å². The van der Waals surface area contributed by atoms with Gasteiger partial charge in [0.1, 0.15) is 84.6 Å². The van der Waals surface area contributed by atoms with Crippen LogP contribution >= 0.6 is 0 Å². The summed E-state index contributed by atoms with van der Waals surface area (Å²) in [5.41, 5.74) is 40.0. The van der Waals surface area contributed by atoms with Crippen molar-refractivity contribution in [2.45, 2.75) is 281 Å². The summed E-state index contributed by atoms with van der Waals surface area (Å²) >= 11 is 0. The number of aliphatic imine (C=N–C) groups is 1. The Labute approximate surface area is 652 Å². The minimum atomic E-state index is -1.54. The van der Waals surface area contributed by atoms with E-state index in [1.807, 2.05) is 0 Å². The molecule has 3 rings (SSSR count). The first-order valence-corrected chi connectivity index (χ1v) is 38.7. The van der Waals surface area contributed by atoms with Gasteiger partial charge >= 0.3 is 11.9 Å². The largest absolute Gasteiger partial charge is 0.481 e. The Hall–Kier alpha value is -9.90. The van der Waals surface area contributed by atoms with E-state index in [9.17, 15) is 86.6 Å². The summed E-state index contributed by atoms with van der Waals surface area (Å²) in [5.74, 6) is -15.9. The summed E-state index contributed by atoms with van der Waals surface area (Å²) < 4.78 is 0. The predicted octanol–water partition coefficient (Wildman–Crippen LogP) is -6.33. The van der Waals surface area contributed by atoms with E-state index in [1.54, 1.807) is 27.7 Å². The molecule has 0 aliphatic carbocycles. The quantitative estimate of drug-likeness (QED) is 0.0153. The number of hydrogen-bond acceptors (Lipinski definition) is 22. The van der Waals surface area contributed by atoms with Crippen molar-refractivity contribution in [3.8, 4) is 0 Å². The van der Waals surface area contributed by atoms with E-state index in [0.29, 0.717) is 64.3 Å². The third-order valence-corrected chi connectivity index (χ3v) is 19.6. The fraction of sp³-hybridized carbons (Fsp3) is 0.746. The van der Waals surface area contributed by atoms with E-state index in [4.69, 9.17) is 45.2 Å². The molecule has 0 bridgehead atoms. The molecule has 0 unspecified atom stereocenters. The second kappa shape index (κ2) is 48.8. The maximum Gasteiger partial charge on any atom is 0.325 e. The smallest absolute Gasteiger partial charge is 0.325 e. The Morgan fingerprint density at radius 1 is 0.375 bits per heavy atom. The molecule has 15 atom stereocenters. The highest BCUT2D eigenvalue weighted by molar-refractivity contribution is 6.01. The van der Waals surface area contributed by atoms with Gasteiger partial charge in [-0.05, 0) is 175 Å². The van der Waals surface area contributed by atoms with E-state index in [-0.39, 0.29) is 109 Å². The molecule has 0 spiro atoms. The van der Waals surface area contributed by atoms with E-state index < -0.39 is 216 Å². The zero-order valence-electron chi connectivity index (χ0n) is 65.8. The number of primary amides is 1. The molecule has 3 aliphatic rings. The lowest BCUT2D eigenvalue weighted by molar-refractivity contribution is -0.145. The SMILES string of the molecule is CC(C)[C@H](NC(=O)[C@H](CCCCN)NC(=O)[C@H](CCCN=C(N)N)NC(=O)[C@@H]1CCCN1C(=O)[C@H](CCCCN)NC(=O)[C@H](C)NC(=O)[C@H](CCC(N)=O)NC(=O)[C@@H]1CCCN1C(=O)[C@@H](NC(=O)[C@@H]1CCCN1C(=O)[C@H](CCC(=O)O)NC(=O)[C@@H](N)CCCCN)C(C)C)C(=O)N[C@@H](C)C(=O)N[C@@H](C)C(=O)N[C@@H](C)C(=O)O. The molecule has 0 saturated carbocycles. The van der Waals surface area contributed by atoms with Crippen molar-refractivity contribution in [1.29, 1.82) is 0 Å². The van der Waals surface area contributed by atoms with Gasteiger partial charge in [0.05, 0.1) is 6.04 Å². The number of amides is 15. The van der Waals surface area contributed by atoms with Crippen LogP contribution in [0.5, 0.6) is 0 Å². The summed E-state index contributed by atoms with van der Waals surface area (Å²) in [7, 11) is 0. The van der Waals surface area contributed by atoms with Crippen LogP contribution in [0.2, 0.25) is 0 Å². The molecule has 41 heteroatoms. The van der Waals surface area contributed by atoms with Crippen molar-refractivity contribution in [1.82, 2.24) is 73.2 Å². The Bertz CT molecular complexity index is 3290. The normalized spacial score (nSPS) is 18.6. The zero-order chi connectivity index (χ0) is 84.2. The van der Waals surface area contributed by atoms with Crippen molar-refractivity contribution in [2.24, 2.45) is 57.0 Å². The molecule has 41 nitrogen and oxygen atoms in total. The van der Waals surface area contributed by atoms with Gasteiger partial charge in [0.2, 0.25) is 88.6 Å². The van der Waals surface area contributed by atoms with Gasteiger partial charge < -0.3 is 124 Å². The third kappa shape index (κ3) is 31.7. The molecule has 0 aromatic heterocycles. The standard InChI is InChI=1S/C71H124N22O19/c1-37(2)54(66(107)82-40(6)56(97)80-39(5)57(98)83-42(8)70(111)112)89-62(103)44(20-10-13-31-73)84-61(102)45(22-15-33-79-71(77)78)85-63(104)49-23-16-34-91(49)67(108)47(21-11-14-32-74)87-58(99)41(7)81-60(101)46(26-28-52(76)94)86-64(105)50-24-18-36-93(50)69(110)55(38(3)4)90-65(106)51-25-17-35-92(51)68(109)48(27-29-53(95)96)88-59(100)43(75)19-9-12-30-72/h37-51,54-55H,9-36,72-75H2,1-8H3,(H2,76,94)(H,80,97)(H,81,101)(H,82,107)(H,83,98)(H,84,102)(H,85,104)(H,86,105)(H,87,99)(H,88,100)(H,89,103)(H,90,106)(H,95,96)(H,111,112)(H4,77,78,79)/t39-,40-,41-,42-,43-,44-,45-,46-,47-,48-,49-,50-,51-,54-,55-/m0/s1. The first kappa shape index (κ1) is 96.3. The van der Waals surface area contributed by atoms with Crippen LogP contribution in [0.3, 0.4) is 0 Å². The summed E-state index contributed by atoms with van der Waals surface area (Å²) in [6, 6.07) is -19.3. The summed E-state index contributed by atoms with van der Waals surface area (Å²) in [4.78, 5) is 239. The van der Waals surface area contributed by atoms with Gasteiger partial charge in [-0.15, -0.1) is 0 Å². The summed E-state index contributed by atoms with van der Waals surface area (Å²) in [6.07, 6.45) is 2.51. The van der Waals surface area contributed by atoms with Gasteiger partial charge in [0, 0.05) is 39.0 Å². The number of rotatable bonds is 50. The van der Waals surface area contributed by atoms with Crippen molar-refractivity contribution in [3.05, 3.63) is 0 Å². The first-order valence-electron chi connectivity index (χ1n) is 38.7. The third-order valence-electron chi connectivity index (χ3n) is 19.6. The highest BCUT2D eigenvalue weighted by atomic mass is 16.4. The minimum absolute atomic E-state index is 0.00105. The highest BCUT2D eigenvalue weighted by Crippen LogP contribution is 2.25. The van der Waals surface area contributed by atoms with Gasteiger partial charge in [0.15, 0.2) is 5.96 Å². The molecule has 3 aliphatic heterocycles. The van der Waals surface area contributed by atoms with Crippen LogP contribution in [-0.2, 0) is 81.5 Å². The monoisotopic (exact) mass is 1590 g/mol. The first-order chi connectivity index (χ1) is 52.8. The van der Waals surface area contributed by atoms with E-state index >= 15 is 0 Å². The Kier molecular flexibility index (Phi) is 41.9. The fourth-order valence-electron chi connectivity index (χ4n) is 13.0. The molecule has 3 heterocycles.